The van der Waals surface area contributed by atoms with E-state index in [4.69, 9.17) is 0 Å². The lowest BCUT2D eigenvalue weighted by Crippen LogP contribution is -2.40. The van der Waals surface area contributed by atoms with Crippen LogP contribution in [0.4, 0.5) is 5.13 Å². The van der Waals surface area contributed by atoms with Crippen molar-refractivity contribution in [1.82, 2.24) is 15.1 Å². The van der Waals surface area contributed by atoms with E-state index < -0.39 is 0 Å². The first-order valence-corrected chi connectivity index (χ1v) is 7.50. The third-order valence-corrected chi connectivity index (χ3v) is 5.89. The SMILES string of the molecule is CNc1nnc(CN2CC3CC4CC3C2C4O)s1. The molecule has 5 unspecified atom stereocenters. The molecule has 0 aromatic carbocycles. The highest BCUT2D eigenvalue weighted by molar-refractivity contribution is 7.15. The second-order valence-corrected chi connectivity index (χ2v) is 6.88. The Hall–Kier alpha value is -0.720. The monoisotopic (exact) mass is 266 g/mol. The number of hydrogen-bond donors (Lipinski definition) is 2. The Morgan fingerprint density at radius 1 is 1.39 bits per heavy atom. The van der Waals surface area contributed by atoms with Gasteiger partial charge < -0.3 is 10.4 Å². The van der Waals surface area contributed by atoms with Crippen LogP contribution in [0.15, 0.2) is 0 Å². The standard InChI is InChI=1S/C12H18N4OS/c1-13-12-15-14-9(18-12)5-16-4-7-2-6-3-8(7)10(16)11(6)17/h6-8,10-11,17H,2-5H2,1H3,(H,13,15). The minimum absolute atomic E-state index is 0.106. The van der Waals surface area contributed by atoms with Crippen molar-refractivity contribution >= 4 is 16.5 Å². The molecule has 3 fully saturated rings. The van der Waals surface area contributed by atoms with Gasteiger partial charge >= 0.3 is 0 Å². The van der Waals surface area contributed by atoms with Crippen LogP contribution in [0.2, 0.25) is 0 Å². The summed E-state index contributed by atoms with van der Waals surface area (Å²) in [6.07, 6.45) is 2.37. The summed E-state index contributed by atoms with van der Waals surface area (Å²) in [7, 11) is 1.87. The average Bonchev–Trinajstić information content (AvgIpc) is 3.04. The number of aliphatic hydroxyl groups excluding tert-OH is 1. The Bertz CT molecular complexity index is 463. The summed E-state index contributed by atoms with van der Waals surface area (Å²) in [5.74, 6) is 2.12. The number of nitrogens with zero attached hydrogens (tertiary/aromatic N) is 3. The number of fused-ring (bicyclic) bond motifs is 1. The first-order valence-electron chi connectivity index (χ1n) is 6.68. The van der Waals surface area contributed by atoms with Crippen molar-refractivity contribution in [1.29, 1.82) is 0 Å². The summed E-state index contributed by atoms with van der Waals surface area (Å²) in [6, 6.07) is 0.385. The van der Waals surface area contributed by atoms with Gasteiger partial charge in [-0.1, -0.05) is 11.3 Å². The normalized spacial score (nSPS) is 41.8. The number of rotatable bonds is 3. The van der Waals surface area contributed by atoms with Crippen LogP contribution in [0.3, 0.4) is 0 Å². The number of nitrogens with one attached hydrogen (secondary N) is 1. The second-order valence-electron chi connectivity index (χ2n) is 5.82. The molecular formula is C12H18N4OS. The van der Waals surface area contributed by atoms with Gasteiger partial charge in [0.25, 0.3) is 0 Å². The van der Waals surface area contributed by atoms with E-state index in [0.29, 0.717) is 12.0 Å². The van der Waals surface area contributed by atoms with E-state index in [1.165, 1.54) is 12.8 Å². The molecule has 1 aromatic heterocycles. The molecule has 6 heteroatoms. The minimum Gasteiger partial charge on any atom is -0.391 e. The molecule has 18 heavy (non-hydrogen) atoms. The number of anilines is 1. The molecule has 1 saturated heterocycles. The zero-order valence-electron chi connectivity index (χ0n) is 10.4. The molecule has 1 aliphatic heterocycles. The third kappa shape index (κ3) is 1.45. The van der Waals surface area contributed by atoms with E-state index in [1.807, 2.05) is 7.05 Å². The maximum absolute atomic E-state index is 10.3. The van der Waals surface area contributed by atoms with Crippen molar-refractivity contribution in [2.75, 3.05) is 18.9 Å². The van der Waals surface area contributed by atoms with Gasteiger partial charge in [-0.3, -0.25) is 4.90 Å². The first kappa shape index (κ1) is 11.1. The van der Waals surface area contributed by atoms with Crippen molar-refractivity contribution in [3.8, 4) is 0 Å². The molecule has 4 rings (SSSR count). The van der Waals surface area contributed by atoms with E-state index in [0.717, 1.165) is 35.1 Å². The van der Waals surface area contributed by atoms with Crippen LogP contribution in [0.25, 0.3) is 0 Å². The third-order valence-electron chi connectivity index (χ3n) is 4.97. The van der Waals surface area contributed by atoms with Crippen LogP contribution < -0.4 is 5.32 Å². The van der Waals surface area contributed by atoms with E-state index >= 15 is 0 Å². The van der Waals surface area contributed by atoms with E-state index in [1.54, 1.807) is 11.3 Å². The number of aromatic nitrogens is 2. The topological polar surface area (TPSA) is 61.3 Å². The lowest BCUT2D eigenvalue weighted by molar-refractivity contribution is 0.0483. The molecule has 5 nitrogen and oxygen atoms in total. The molecule has 2 aliphatic carbocycles. The molecule has 2 N–H and O–H groups in total. The Labute approximate surface area is 110 Å². The highest BCUT2D eigenvalue weighted by Gasteiger charge is 2.58. The highest BCUT2D eigenvalue weighted by Crippen LogP contribution is 2.55. The van der Waals surface area contributed by atoms with Gasteiger partial charge in [-0.15, -0.1) is 10.2 Å². The smallest absolute Gasteiger partial charge is 0.205 e. The van der Waals surface area contributed by atoms with Crippen LogP contribution in [-0.4, -0.2) is 45.9 Å². The molecule has 2 saturated carbocycles. The molecule has 0 amide bonds. The van der Waals surface area contributed by atoms with Crippen LogP contribution >= 0.6 is 11.3 Å². The molecule has 5 atom stereocenters. The van der Waals surface area contributed by atoms with Crippen LogP contribution in [0.5, 0.6) is 0 Å². The maximum atomic E-state index is 10.3. The van der Waals surface area contributed by atoms with Gasteiger partial charge in [0.15, 0.2) is 0 Å². The number of aliphatic hydroxyl groups is 1. The summed E-state index contributed by atoms with van der Waals surface area (Å²) in [5.41, 5.74) is 0. The Balaban J connectivity index is 1.53. The van der Waals surface area contributed by atoms with Gasteiger partial charge in [-0.25, -0.2) is 0 Å². The van der Waals surface area contributed by atoms with E-state index in [-0.39, 0.29) is 6.10 Å². The summed E-state index contributed by atoms with van der Waals surface area (Å²) in [4.78, 5) is 2.44. The van der Waals surface area contributed by atoms with Crippen molar-refractivity contribution in [2.24, 2.45) is 17.8 Å². The Kier molecular flexibility index (Phi) is 2.40. The first-order chi connectivity index (χ1) is 8.76. The van der Waals surface area contributed by atoms with Gasteiger partial charge in [0.1, 0.15) is 5.01 Å². The van der Waals surface area contributed by atoms with E-state index in [2.05, 4.69) is 20.4 Å². The fourth-order valence-electron chi connectivity index (χ4n) is 4.31. The summed E-state index contributed by atoms with van der Waals surface area (Å²) in [6.45, 7) is 1.98. The average molecular weight is 266 g/mol. The Morgan fingerprint density at radius 3 is 3.00 bits per heavy atom. The van der Waals surface area contributed by atoms with Gasteiger partial charge in [-0.05, 0) is 30.6 Å². The van der Waals surface area contributed by atoms with Gasteiger partial charge in [0.2, 0.25) is 5.13 Å². The fraction of sp³-hybridized carbons (Fsp3) is 0.833. The zero-order valence-corrected chi connectivity index (χ0v) is 11.2. The van der Waals surface area contributed by atoms with Gasteiger partial charge in [-0.2, -0.15) is 0 Å². The Morgan fingerprint density at radius 2 is 2.28 bits per heavy atom. The largest absolute Gasteiger partial charge is 0.391 e. The minimum atomic E-state index is -0.106. The number of hydrogen-bond acceptors (Lipinski definition) is 6. The summed E-state index contributed by atoms with van der Waals surface area (Å²) >= 11 is 1.61. The van der Waals surface area contributed by atoms with Crippen LogP contribution in [0, 0.1) is 17.8 Å². The highest BCUT2D eigenvalue weighted by atomic mass is 32.1. The quantitative estimate of drug-likeness (QED) is 0.846. The second kappa shape index (κ2) is 3.88. The van der Waals surface area contributed by atoms with Crippen molar-refractivity contribution in [3.63, 3.8) is 0 Å². The van der Waals surface area contributed by atoms with Gasteiger partial charge in [0.05, 0.1) is 12.6 Å². The van der Waals surface area contributed by atoms with Gasteiger partial charge in [0, 0.05) is 19.6 Å². The molecule has 2 heterocycles. The van der Waals surface area contributed by atoms with Crippen molar-refractivity contribution in [3.05, 3.63) is 5.01 Å². The zero-order chi connectivity index (χ0) is 12.3. The van der Waals surface area contributed by atoms with Crippen molar-refractivity contribution in [2.45, 2.75) is 31.5 Å². The predicted octanol–water partition coefficient (Wildman–Crippen LogP) is 0.781. The van der Waals surface area contributed by atoms with Crippen molar-refractivity contribution < 1.29 is 5.11 Å². The number of likely N-dealkylation sites (tertiary alicyclic amines) is 1. The molecule has 0 radical (unpaired) electrons. The summed E-state index contributed by atoms with van der Waals surface area (Å²) in [5, 5.41) is 23.6. The fourth-order valence-corrected chi connectivity index (χ4v) is 5.03. The van der Waals surface area contributed by atoms with Crippen LogP contribution in [-0.2, 0) is 6.54 Å². The van der Waals surface area contributed by atoms with E-state index in [9.17, 15) is 5.11 Å². The molecule has 3 aliphatic rings. The lowest BCUT2D eigenvalue weighted by atomic mass is 9.88. The van der Waals surface area contributed by atoms with Crippen LogP contribution in [0.1, 0.15) is 17.8 Å². The molecule has 2 bridgehead atoms. The summed E-state index contributed by atoms with van der Waals surface area (Å²) < 4.78 is 0. The molecular weight excluding hydrogens is 248 g/mol. The molecule has 0 spiro atoms. The maximum Gasteiger partial charge on any atom is 0.205 e. The predicted molar refractivity (Wildman–Crippen MR) is 69.4 cm³/mol. The lowest BCUT2D eigenvalue weighted by Gasteiger charge is -2.28. The molecule has 1 aromatic rings. The molecule has 98 valence electrons.